The molecule has 4 fully saturated rings. The number of fused-ring (bicyclic) bond motifs is 2. The van der Waals surface area contributed by atoms with Crippen molar-refractivity contribution >= 4 is 43.2 Å². The molecule has 2 N–H and O–H groups in total. The number of nitrogens with one attached hydrogen (secondary N) is 1. The van der Waals surface area contributed by atoms with Crippen LogP contribution in [-0.4, -0.2) is 93.3 Å². The van der Waals surface area contributed by atoms with E-state index in [0.717, 1.165) is 50.0 Å². The number of nitrogens with zero attached hydrogens (tertiary/aromatic N) is 4. The normalized spacial score (nSPS) is 27.6. The summed E-state index contributed by atoms with van der Waals surface area (Å²) < 4.78 is 23.7. The number of amides is 3. The van der Waals surface area contributed by atoms with Crippen molar-refractivity contribution in [3.8, 4) is 0 Å². The maximum Gasteiger partial charge on any atom is 0.264 e. The van der Waals surface area contributed by atoms with E-state index in [4.69, 9.17) is 4.74 Å². The van der Waals surface area contributed by atoms with E-state index in [1.807, 2.05) is 60.4 Å². The van der Waals surface area contributed by atoms with Gasteiger partial charge in [0.2, 0.25) is 14.3 Å². The van der Waals surface area contributed by atoms with Gasteiger partial charge in [0.1, 0.15) is 5.54 Å². The number of benzene rings is 2. The number of rotatable bonds is 11. The van der Waals surface area contributed by atoms with E-state index in [1.54, 1.807) is 22.9 Å². The van der Waals surface area contributed by atoms with E-state index in [-0.39, 0.29) is 36.8 Å². The minimum Gasteiger partial charge on any atom is -0.394 e. The highest BCUT2D eigenvalue weighted by molar-refractivity contribution is 6.72. The molecular formula is C44H60FN5O5Si. The minimum atomic E-state index is -3.54. The standard InChI is InChI=1S/C44H60FN5O5Si/c1-30(2)12-10-13-31(3)19-25-48-37-18-17-34(49-29-50(33-14-8-7-9-15-33)43(41(49)53)20-22-46-23-21-43)26-36(37)44(42(48)54)32(4)40(56(5,6)45)38(55-44)27-39(52)47-24-11-16-35(47)28-51/h7-9,12,14-15,17-19,26,32,35,38,40,46,51H,10-11,13,16,20-25,27-29H2,1-6H3/b31-19+/t32-,35+,38+,40-,44+/m1/s1. The summed E-state index contributed by atoms with van der Waals surface area (Å²) in [5.74, 6) is -0.997. The second-order valence-electron chi connectivity index (χ2n) is 17.4. The van der Waals surface area contributed by atoms with Gasteiger partial charge in [-0.1, -0.05) is 48.4 Å². The molecule has 0 aliphatic carbocycles. The highest BCUT2D eigenvalue weighted by Gasteiger charge is 2.67. The lowest BCUT2D eigenvalue weighted by atomic mass is 9.82. The van der Waals surface area contributed by atoms with Gasteiger partial charge in [0, 0.05) is 41.5 Å². The Kier molecular flexibility index (Phi) is 11.4. The fourth-order valence-electron chi connectivity index (χ4n) is 10.3. The molecule has 3 amide bonds. The second-order valence-corrected chi connectivity index (χ2v) is 21.2. The largest absolute Gasteiger partial charge is 0.394 e. The van der Waals surface area contributed by atoms with Gasteiger partial charge in [-0.05, 0) is 116 Å². The first-order valence-corrected chi connectivity index (χ1v) is 23.6. The monoisotopic (exact) mass is 785 g/mol. The highest BCUT2D eigenvalue weighted by Crippen LogP contribution is 2.61. The summed E-state index contributed by atoms with van der Waals surface area (Å²) >= 11 is 0. The van der Waals surface area contributed by atoms with Crippen molar-refractivity contribution in [2.24, 2.45) is 5.92 Å². The lowest BCUT2D eigenvalue weighted by Gasteiger charge is -2.39. The summed E-state index contributed by atoms with van der Waals surface area (Å²) in [6.45, 7) is 14.0. The van der Waals surface area contributed by atoms with Crippen LogP contribution in [0, 0.1) is 5.92 Å². The molecule has 10 nitrogen and oxygen atoms in total. The van der Waals surface area contributed by atoms with E-state index in [0.29, 0.717) is 49.5 Å². The van der Waals surface area contributed by atoms with Crippen LogP contribution in [0.25, 0.3) is 0 Å². The number of para-hydroxylation sites is 1. The van der Waals surface area contributed by atoms with Crippen molar-refractivity contribution in [3.63, 3.8) is 0 Å². The summed E-state index contributed by atoms with van der Waals surface area (Å²) in [6, 6.07) is 15.6. The topological polar surface area (TPSA) is 106 Å². The van der Waals surface area contributed by atoms with E-state index in [2.05, 4.69) is 43.1 Å². The maximum absolute atomic E-state index is 16.7. The Morgan fingerprint density at radius 3 is 2.45 bits per heavy atom. The summed E-state index contributed by atoms with van der Waals surface area (Å²) in [5.41, 5.74) is 2.48. The number of anilines is 3. The molecule has 5 aliphatic rings. The van der Waals surface area contributed by atoms with Crippen LogP contribution in [0.1, 0.15) is 78.2 Å². The Morgan fingerprint density at radius 2 is 1.77 bits per heavy atom. The SMILES string of the molecule is CC(C)=CCC/C(C)=C/CN1C(=O)[C@@]2(O[C@@H](CC(=O)N3CCC[C@H]3CO)[C@H]([Si](C)(C)F)[C@H]2C)c2cc(N3CN(c4ccccc4)C4(CCNCC4)C3=O)ccc21. The number of hydrogen-bond donors (Lipinski definition) is 2. The molecule has 2 aromatic carbocycles. The number of hydrogen-bond acceptors (Lipinski definition) is 7. The van der Waals surface area contributed by atoms with E-state index in [9.17, 15) is 14.7 Å². The third kappa shape index (κ3) is 7.05. The third-order valence-corrected chi connectivity index (χ3v) is 15.7. The number of halogens is 1. The van der Waals surface area contributed by atoms with Crippen LogP contribution in [0.2, 0.25) is 18.6 Å². The average Bonchev–Trinajstić information content (AvgIpc) is 3.90. The first kappa shape index (κ1) is 40.4. The Hall–Kier alpha value is -3.84. The van der Waals surface area contributed by atoms with Gasteiger partial charge in [-0.15, -0.1) is 0 Å². The quantitative estimate of drug-likeness (QED) is 0.147. The van der Waals surface area contributed by atoms with Gasteiger partial charge in [-0.25, -0.2) is 0 Å². The summed E-state index contributed by atoms with van der Waals surface area (Å²) in [5, 5.41) is 13.4. The number of allylic oxidation sites excluding steroid dienone is 3. The van der Waals surface area contributed by atoms with Crippen molar-refractivity contribution in [2.75, 3.05) is 54.2 Å². The zero-order chi connectivity index (χ0) is 40.0. The Balaban J connectivity index is 1.29. The molecular weight excluding hydrogens is 726 g/mol. The molecule has 5 aliphatic heterocycles. The summed E-state index contributed by atoms with van der Waals surface area (Å²) in [4.78, 5) is 51.3. The molecule has 302 valence electrons. The number of aliphatic hydroxyl groups is 1. The van der Waals surface area contributed by atoms with Crippen LogP contribution >= 0.6 is 0 Å². The highest BCUT2D eigenvalue weighted by atomic mass is 28.4. The fraction of sp³-hybridized carbons (Fsp3) is 0.568. The zero-order valence-electron chi connectivity index (χ0n) is 34.0. The Morgan fingerprint density at radius 1 is 1.04 bits per heavy atom. The molecule has 5 heterocycles. The van der Waals surface area contributed by atoms with Gasteiger partial charge in [-0.3, -0.25) is 19.3 Å². The van der Waals surface area contributed by atoms with Gasteiger partial charge < -0.3 is 34.0 Å². The number of carbonyl (C=O) groups excluding carboxylic acids is 3. The number of ether oxygens (including phenoxy) is 1. The predicted octanol–water partition coefficient (Wildman–Crippen LogP) is 6.81. The molecule has 0 unspecified atom stereocenters. The summed E-state index contributed by atoms with van der Waals surface area (Å²) in [7, 11) is -3.54. The molecule has 5 atom stereocenters. The lowest BCUT2D eigenvalue weighted by molar-refractivity contribution is -0.149. The van der Waals surface area contributed by atoms with Crippen LogP contribution in [0.5, 0.6) is 0 Å². The van der Waals surface area contributed by atoms with Gasteiger partial charge in [0.15, 0.2) is 5.60 Å². The number of likely N-dealkylation sites (tertiary alicyclic amines) is 1. The molecule has 0 radical (unpaired) electrons. The molecule has 0 aromatic heterocycles. The first-order chi connectivity index (χ1) is 26.7. The second kappa shape index (κ2) is 15.8. The van der Waals surface area contributed by atoms with E-state index < -0.39 is 37.1 Å². The molecule has 0 bridgehead atoms. The van der Waals surface area contributed by atoms with E-state index in [1.165, 1.54) is 5.57 Å². The molecule has 4 saturated heterocycles. The molecule has 7 rings (SSSR count). The number of piperidine rings is 1. The third-order valence-electron chi connectivity index (χ3n) is 13.2. The van der Waals surface area contributed by atoms with Crippen LogP contribution in [0.15, 0.2) is 71.8 Å². The smallest absolute Gasteiger partial charge is 0.264 e. The van der Waals surface area contributed by atoms with Crippen LogP contribution in [0.4, 0.5) is 21.2 Å². The van der Waals surface area contributed by atoms with Crippen molar-refractivity contribution in [1.82, 2.24) is 10.2 Å². The van der Waals surface area contributed by atoms with Crippen LogP contribution < -0.4 is 20.0 Å². The predicted molar refractivity (Wildman–Crippen MR) is 222 cm³/mol. The van der Waals surface area contributed by atoms with Crippen molar-refractivity contribution in [2.45, 2.75) is 115 Å². The molecule has 0 saturated carbocycles. The van der Waals surface area contributed by atoms with Gasteiger partial charge in [0.05, 0.1) is 37.5 Å². The Bertz CT molecular complexity index is 1870. The van der Waals surface area contributed by atoms with Crippen molar-refractivity contribution in [3.05, 3.63) is 77.4 Å². The number of aliphatic hydroxyl groups excluding tert-OH is 1. The average molecular weight is 786 g/mol. The molecule has 2 aromatic rings. The van der Waals surface area contributed by atoms with Crippen LogP contribution in [0.3, 0.4) is 0 Å². The molecule has 2 spiro atoms. The van der Waals surface area contributed by atoms with Crippen molar-refractivity contribution in [1.29, 1.82) is 0 Å². The van der Waals surface area contributed by atoms with Crippen LogP contribution in [-0.2, 0) is 24.7 Å². The van der Waals surface area contributed by atoms with Gasteiger partial charge in [-0.2, -0.15) is 0 Å². The minimum absolute atomic E-state index is 0.0241. The first-order valence-electron chi connectivity index (χ1n) is 20.6. The van der Waals surface area contributed by atoms with Gasteiger partial charge in [0.25, 0.3) is 11.8 Å². The summed E-state index contributed by atoms with van der Waals surface area (Å²) in [6.07, 6.45) is 8.03. The zero-order valence-corrected chi connectivity index (χ0v) is 35.0. The van der Waals surface area contributed by atoms with Gasteiger partial charge >= 0.3 is 0 Å². The Labute approximate surface area is 332 Å². The number of carbonyl (C=O) groups is 3. The maximum atomic E-state index is 16.7. The van der Waals surface area contributed by atoms with Crippen molar-refractivity contribution < 1.29 is 28.3 Å². The lowest BCUT2D eigenvalue weighted by Crippen LogP contribution is -2.55. The molecule has 12 heteroatoms. The fourth-order valence-corrected chi connectivity index (χ4v) is 12.8. The van der Waals surface area contributed by atoms with E-state index >= 15 is 8.90 Å². The molecule has 56 heavy (non-hydrogen) atoms.